The Morgan fingerprint density at radius 3 is 3.05 bits per heavy atom. The summed E-state index contributed by atoms with van der Waals surface area (Å²) < 4.78 is 11.7. The number of hydrogen-bond acceptors (Lipinski definition) is 5. The maximum absolute atomic E-state index is 11.6. The Morgan fingerprint density at radius 1 is 1.55 bits per heavy atom. The van der Waals surface area contributed by atoms with Crippen LogP contribution in [-0.2, 0) is 20.8 Å². The van der Waals surface area contributed by atoms with Crippen molar-refractivity contribution in [1.29, 1.82) is 0 Å². The van der Waals surface area contributed by atoms with E-state index in [9.17, 15) is 4.79 Å². The second-order valence-corrected chi connectivity index (χ2v) is 7.26. The van der Waals surface area contributed by atoms with Gasteiger partial charge >= 0.3 is 0 Å². The van der Waals surface area contributed by atoms with Crippen LogP contribution in [0.4, 0.5) is 0 Å². The van der Waals surface area contributed by atoms with Gasteiger partial charge in [0.15, 0.2) is 0 Å². The van der Waals surface area contributed by atoms with Crippen molar-refractivity contribution in [2.24, 2.45) is 5.92 Å². The molecule has 2 fully saturated rings. The number of likely N-dealkylation sites (N-methyl/N-ethyl adjacent to an activating group) is 1. The Labute approximate surface area is 135 Å². The molecule has 1 aromatic heterocycles. The first-order chi connectivity index (χ1) is 10.6. The predicted molar refractivity (Wildman–Crippen MR) is 85.9 cm³/mol. The first-order valence-electron chi connectivity index (χ1n) is 7.74. The minimum atomic E-state index is -0.0445. The van der Waals surface area contributed by atoms with Crippen molar-refractivity contribution in [2.75, 3.05) is 47.0 Å². The molecule has 0 saturated carbocycles. The Bertz CT molecular complexity index is 497. The molecule has 0 N–H and O–H groups in total. The lowest BCUT2D eigenvalue weighted by atomic mass is 9.81. The number of thiophene rings is 1. The summed E-state index contributed by atoms with van der Waals surface area (Å²) in [6.45, 7) is 4.53. The molecule has 1 spiro atoms. The third kappa shape index (κ3) is 3.35. The fraction of sp³-hybridized carbons (Fsp3) is 0.688. The highest BCUT2D eigenvalue weighted by Gasteiger charge is 2.52. The molecule has 0 bridgehead atoms. The molecule has 122 valence electrons. The summed E-state index contributed by atoms with van der Waals surface area (Å²) >= 11 is 1.74. The first kappa shape index (κ1) is 15.9. The van der Waals surface area contributed by atoms with Crippen molar-refractivity contribution >= 4 is 17.2 Å². The van der Waals surface area contributed by atoms with Crippen LogP contribution in [0.3, 0.4) is 0 Å². The largest absolute Gasteiger partial charge is 0.372 e. The molecule has 3 rings (SSSR count). The highest BCUT2D eigenvalue weighted by atomic mass is 32.1. The van der Waals surface area contributed by atoms with Gasteiger partial charge < -0.3 is 14.4 Å². The Morgan fingerprint density at radius 2 is 2.36 bits per heavy atom. The standard InChI is InChI=1S/C16H24N2O3S/c1-17(2)15(19)9-20-8-14-3-5-21-16(14)11-18(12-16)7-13-4-6-22-10-13/h4,6,10,14H,3,5,7-9,11-12H2,1-2H3. The number of ether oxygens (including phenoxy) is 2. The lowest BCUT2D eigenvalue weighted by Crippen LogP contribution is -2.64. The number of carbonyl (C=O) groups excluding carboxylic acids is 1. The molecule has 2 saturated heterocycles. The topological polar surface area (TPSA) is 42.0 Å². The van der Waals surface area contributed by atoms with Crippen LogP contribution in [0.1, 0.15) is 12.0 Å². The van der Waals surface area contributed by atoms with Crippen molar-refractivity contribution in [3.8, 4) is 0 Å². The van der Waals surface area contributed by atoms with E-state index in [1.54, 1.807) is 30.3 Å². The van der Waals surface area contributed by atoms with E-state index in [-0.39, 0.29) is 18.1 Å². The van der Waals surface area contributed by atoms with Crippen molar-refractivity contribution < 1.29 is 14.3 Å². The molecule has 0 aromatic carbocycles. The molecule has 1 unspecified atom stereocenters. The highest BCUT2D eigenvalue weighted by Crippen LogP contribution is 2.40. The van der Waals surface area contributed by atoms with Crippen LogP contribution in [0.5, 0.6) is 0 Å². The quantitative estimate of drug-likeness (QED) is 0.794. The summed E-state index contributed by atoms with van der Waals surface area (Å²) in [4.78, 5) is 15.5. The van der Waals surface area contributed by atoms with Gasteiger partial charge in [-0.1, -0.05) is 0 Å². The Balaban J connectivity index is 1.44. The summed E-state index contributed by atoms with van der Waals surface area (Å²) in [5.74, 6) is 0.418. The summed E-state index contributed by atoms with van der Waals surface area (Å²) in [5, 5.41) is 4.32. The normalized spacial score (nSPS) is 23.6. The Hall–Kier alpha value is -0.950. The van der Waals surface area contributed by atoms with Crippen molar-refractivity contribution in [3.05, 3.63) is 22.4 Å². The van der Waals surface area contributed by atoms with Gasteiger partial charge in [0.1, 0.15) is 6.61 Å². The smallest absolute Gasteiger partial charge is 0.248 e. The van der Waals surface area contributed by atoms with Crippen LogP contribution in [-0.4, -0.2) is 68.3 Å². The highest BCUT2D eigenvalue weighted by molar-refractivity contribution is 7.07. The summed E-state index contributed by atoms with van der Waals surface area (Å²) in [5.41, 5.74) is 1.33. The molecule has 3 heterocycles. The van der Waals surface area contributed by atoms with Gasteiger partial charge in [-0.2, -0.15) is 11.3 Å². The van der Waals surface area contributed by atoms with Crippen LogP contribution >= 0.6 is 11.3 Å². The van der Waals surface area contributed by atoms with E-state index in [4.69, 9.17) is 9.47 Å². The zero-order valence-corrected chi connectivity index (χ0v) is 14.1. The van der Waals surface area contributed by atoms with Crippen molar-refractivity contribution in [1.82, 2.24) is 9.80 Å². The summed E-state index contributed by atoms with van der Waals surface area (Å²) in [6.07, 6.45) is 1.03. The van der Waals surface area contributed by atoms with Crippen LogP contribution in [0.15, 0.2) is 16.8 Å². The summed E-state index contributed by atoms with van der Waals surface area (Å²) in [7, 11) is 3.50. The van der Waals surface area contributed by atoms with Gasteiger partial charge in [-0.3, -0.25) is 9.69 Å². The second-order valence-electron chi connectivity index (χ2n) is 6.48. The third-order valence-corrected chi connectivity index (χ3v) is 5.34. The second kappa shape index (κ2) is 6.66. The lowest BCUT2D eigenvalue weighted by Gasteiger charge is -2.50. The fourth-order valence-corrected chi connectivity index (χ4v) is 3.91. The molecule has 0 aliphatic carbocycles. The monoisotopic (exact) mass is 324 g/mol. The summed E-state index contributed by atoms with van der Waals surface area (Å²) in [6, 6.07) is 2.18. The van der Waals surface area contributed by atoms with Gasteiger partial charge in [-0.15, -0.1) is 0 Å². The van der Waals surface area contributed by atoms with Gasteiger partial charge in [0.2, 0.25) is 5.91 Å². The number of amides is 1. The number of hydrogen-bond donors (Lipinski definition) is 0. The van der Waals surface area contributed by atoms with Crippen molar-refractivity contribution in [3.63, 3.8) is 0 Å². The van der Waals surface area contributed by atoms with E-state index < -0.39 is 0 Å². The SMILES string of the molecule is CN(C)C(=O)COCC1CCOC12CN(Cc1ccsc1)C2. The zero-order valence-electron chi connectivity index (χ0n) is 13.3. The predicted octanol–water partition coefficient (Wildman–Crippen LogP) is 1.44. The van der Waals surface area contributed by atoms with Crippen LogP contribution in [0.2, 0.25) is 0 Å². The van der Waals surface area contributed by atoms with E-state index in [1.165, 1.54) is 5.56 Å². The van der Waals surface area contributed by atoms with Gasteiger partial charge in [-0.25, -0.2) is 0 Å². The molecule has 6 heteroatoms. The maximum Gasteiger partial charge on any atom is 0.248 e. The number of carbonyl (C=O) groups is 1. The van der Waals surface area contributed by atoms with Crippen LogP contribution < -0.4 is 0 Å². The first-order valence-corrected chi connectivity index (χ1v) is 8.69. The molecule has 1 atom stereocenters. The minimum Gasteiger partial charge on any atom is -0.372 e. The number of nitrogens with zero attached hydrogens (tertiary/aromatic N) is 2. The molecule has 1 aromatic rings. The van der Waals surface area contributed by atoms with Gasteiger partial charge in [0, 0.05) is 46.3 Å². The van der Waals surface area contributed by atoms with Crippen LogP contribution in [0, 0.1) is 5.92 Å². The lowest BCUT2D eigenvalue weighted by molar-refractivity contribution is -0.150. The van der Waals surface area contributed by atoms with Crippen molar-refractivity contribution in [2.45, 2.75) is 18.6 Å². The van der Waals surface area contributed by atoms with Gasteiger partial charge in [0.05, 0.1) is 12.2 Å². The molecule has 5 nitrogen and oxygen atoms in total. The van der Waals surface area contributed by atoms with E-state index in [1.807, 2.05) is 0 Å². The van der Waals surface area contributed by atoms with E-state index in [0.29, 0.717) is 12.5 Å². The average Bonchev–Trinajstić information content (AvgIpc) is 3.08. The van der Waals surface area contributed by atoms with Crippen LogP contribution in [0.25, 0.3) is 0 Å². The maximum atomic E-state index is 11.6. The zero-order chi connectivity index (χ0) is 15.6. The molecular weight excluding hydrogens is 300 g/mol. The molecule has 22 heavy (non-hydrogen) atoms. The fourth-order valence-electron chi connectivity index (χ4n) is 3.25. The number of rotatable bonds is 6. The number of likely N-dealkylation sites (tertiary alicyclic amines) is 1. The van der Waals surface area contributed by atoms with Gasteiger partial charge in [-0.05, 0) is 28.8 Å². The Kier molecular flexibility index (Phi) is 4.82. The van der Waals surface area contributed by atoms with E-state index in [2.05, 4.69) is 21.7 Å². The van der Waals surface area contributed by atoms with E-state index >= 15 is 0 Å². The molecular formula is C16H24N2O3S. The van der Waals surface area contributed by atoms with Gasteiger partial charge in [0.25, 0.3) is 0 Å². The molecule has 2 aliphatic rings. The minimum absolute atomic E-state index is 0.0145. The van der Waals surface area contributed by atoms with E-state index in [0.717, 1.165) is 32.7 Å². The molecule has 1 amide bonds. The molecule has 0 radical (unpaired) electrons. The third-order valence-electron chi connectivity index (χ3n) is 4.61. The molecule has 2 aliphatic heterocycles. The average molecular weight is 324 g/mol.